The number of ether oxygens (including phenoxy) is 3. The van der Waals surface area contributed by atoms with Gasteiger partial charge in [0.1, 0.15) is 11.4 Å². The molecule has 26 heavy (non-hydrogen) atoms. The molecule has 1 aromatic carbocycles. The highest BCUT2D eigenvalue weighted by molar-refractivity contribution is 5.73. The molecule has 144 valence electrons. The SMILES string of the molecule is CCCCCc1cc(OC)c2c(c1OC)OC(C)(CCC=C(C)C)C=C2. The molecule has 0 N–H and O–H groups in total. The minimum absolute atomic E-state index is 0.334. The summed E-state index contributed by atoms with van der Waals surface area (Å²) in [7, 11) is 3.45. The van der Waals surface area contributed by atoms with E-state index >= 15 is 0 Å². The number of fused-ring (bicyclic) bond motifs is 1. The Balaban J connectivity index is 2.35. The van der Waals surface area contributed by atoms with Gasteiger partial charge < -0.3 is 14.2 Å². The van der Waals surface area contributed by atoms with Crippen LogP contribution in [0.4, 0.5) is 0 Å². The van der Waals surface area contributed by atoms with E-state index < -0.39 is 0 Å². The van der Waals surface area contributed by atoms with Gasteiger partial charge in [0.05, 0.1) is 19.8 Å². The summed E-state index contributed by atoms with van der Waals surface area (Å²) in [6.07, 6.45) is 13.0. The number of allylic oxidation sites excluding steroid dienone is 2. The number of methoxy groups -OCH3 is 2. The normalized spacial score (nSPS) is 18.1. The monoisotopic (exact) mass is 358 g/mol. The lowest BCUT2D eigenvalue weighted by Gasteiger charge is -2.33. The van der Waals surface area contributed by atoms with Gasteiger partial charge in [-0.3, -0.25) is 0 Å². The zero-order valence-electron chi connectivity index (χ0n) is 17.3. The molecule has 0 radical (unpaired) electrons. The second-order valence-electron chi connectivity index (χ2n) is 7.54. The maximum absolute atomic E-state index is 6.49. The van der Waals surface area contributed by atoms with Crippen LogP contribution in [0.3, 0.4) is 0 Å². The first-order valence-corrected chi connectivity index (χ1v) is 9.73. The third-order valence-corrected chi connectivity index (χ3v) is 4.92. The molecule has 1 heterocycles. The van der Waals surface area contributed by atoms with Gasteiger partial charge >= 0.3 is 0 Å². The van der Waals surface area contributed by atoms with E-state index in [1.807, 2.05) is 0 Å². The smallest absolute Gasteiger partial charge is 0.173 e. The van der Waals surface area contributed by atoms with Gasteiger partial charge in [0.15, 0.2) is 11.5 Å². The second kappa shape index (κ2) is 9.16. The summed E-state index contributed by atoms with van der Waals surface area (Å²) in [6.45, 7) is 8.62. The van der Waals surface area contributed by atoms with Crippen molar-refractivity contribution < 1.29 is 14.2 Å². The Morgan fingerprint density at radius 3 is 2.58 bits per heavy atom. The Morgan fingerprint density at radius 1 is 1.19 bits per heavy atom. The standard InChI is InChI=1S/C23H34O3/c1-7-8-9-12-18-16-20(24-5)19-13-15-23(4,14-10-11-17(2)3)26-22(19)21(18)25-6/h11,13,15-16H,7-10,12,14H2,1-6H3. The molecule has 1 aliphatic heterocycles. The van der Waals surface area contributed by atoms with Crippen LogP contribution >= 0.6 is 0 Å². The predicted molar refractivity (Wildman–Crippen MR) is 110 cm³/mol. The molecule has 0 fully saturated rings. The Morgan fingerprint density at radius 2 is 1.96 bits per heavy atom. The molecule has 0 aromatic heterocycles. The molecule has 0 saturated carbocycles. The molecule has 0 amide bonds. The van der Waals surface area contributed by atoms with Crippen molar-refractivity contribution in [2.75, 3.05) is 14.2 Å². The molecular weight excluding hydrogens is 324 g/mol. The van der Waals surface area contributed by atoms with Crippen LogP contribution in [0, 0.1) is 0 Å². The Kier molecular flexibility index (Phi) is 7.19. The maximum Gasteiger partial charge on any atom is 0.173 e. The Labute approximate surface area is 159 Å². The van der Waals surface area contributed by atoms with Crippen LogP contribution in [0.2, 0.25) is 0 Å². The van der Waals surface area contributed by atoms with Crippen molar-refractivity contribution >= 4 is 6.08 Å². The van der Waals surface area contributed by atoms with Crippen LogP contribution in [-0.2, 0) is 6.42 Å². The lowest BCUT2D eigenvalue weighted by molar-refractivity contribution is 0.122. The number of hydrogen-bond acceptors (Lipinski definition) is 3. The lowest BCUT2D eigenvalue weighted by atomic mass is 9.92. The van der Waals surface area contributed by atoms with Crippen molar-refractivity contribution in [2.24, 2.45) is 0 Å². The van der Waals surface area contributed by atoms with E-state index in [0.717, 1.165) is 48.5 Å². The highest BCUT2D eigenvalue weighted by Crippen LogP contribution is 2.47. The van der Waals surface area contributed by atoms with E-state index in [1.54, 1.807) is 14.2 Å². The van der Waals surface area contributed by atoms with E-state index in [-0.39, 0.29) is 5.60 Å². The maximum atomic E-state index is 6.49. The number of aryl methyl sites for hydroxylation is 1. The summed E-state index contributed by atoms with van der Waals surface area (Å²) in [4.78, 5) is 0. The minimum Gasteiger partial charge on any atom is -0.496 e. The van der Waals surface area contributed by atoms with Crippen molar-refractivity contribution in [3.05, 3.63) is 34.9 Å². The second-order valence-corrected chi connectivity index (χ2v) is 7.54. The van der Waals surface area contributed by atoms with Gasteiger partial charge in [-0.05, 0) is 64.7 Å². The summed E-state index contributed by atoms with van der Waals surface area (Å²) >= 11 is 0. The average molecular weight is 359 g/mol. The molecule has 3 heteroatoms. The fraction of sp³-hybridized carbons (Fsp3) is 0.565. The molecule has 1 atom stereocenters. The van der Waals surface area contributed by atoms with Crippen LogP contribution in [-0.4, -0.2) is 19.8 Å². The van der Waals surface area contributed by atoms with Crippen LogP contribution in [0.15, 0.2) is 23.8 Å². The van der Waals surface area contributed by atoms with Crippen LogP contribution in [0.25, 0.3) is 6.08 Å². The first kappa shape index (κ1) is 20.4. The summed E-state index contributed by atoms with van der Waals surface area (Å²) in [6, 6.07) is 2.10. The third-order valence-electron chi connectivity index (χ3n) is 4.92. The van der Waals surface area contributed by atoms with E-state index in [9.17, 15) is 0 Å². The lowest BCUT2D eigenvalue weighted by Crippen LogP contribution is -2.32. The average Bonchev–Trinajstić information content (AvgIpc) is 2.60. The van der Waals surface area contributed by atoms with Gasteiger partial charge in [-0.2, -0.15) is 0 Å². The van der Waals surface area contributed by atoms with Crippen molar-refractivity contribution in [3.63, 3.8) is 0 Å². The minimum atomic E-state index is -0.334. The molecule has 0 saturated heterocycles. The molecule has 1 aromatic rings. The number of rotatable bonds is 9. The summed E-state index contributed by atoms with van der Waals surface area (Å²) in [5, 5.41) is 0. The molecular formula is C23H34O3. The highest BCUT2D eigenvalue weighted by Gasteiger charge is 2.31. The van der Waals surface area contributed by atoms with E-state index in [1.165, 1.54) is 24.0 Å². The molecule has 3 nitrogen and oxygen atoms in total. The Hall–Kier alpha value is -1.90. The van der Waals surface area contributed by atoms with Gasteiger partial charge in [-0.1, -0.05) is 31.4 Å². The van der Waals surface area contributed by atoms with Gasteiger partial charge in [0, 0.05) is 5.56 Å². The zero-order valence-corrected chi connectivity index (χ0v) is 17.3. The fourth-order valence-corrected chi connectivity index (χ4v) is 3.39. The van der Waals surface area contributed by atoms with E-state index in [4.69, 9.17) is 14.2 Å². The summed E-state index contributed by atoms with van der Waals surface area (Å²) in [5.74, 6) is 2.53. The first-order valence-electron chi connectivity index (χ1n) is 9.73. The van der Waals surface area contributed by atoms with Gasteiger partial charge in [-0.15, -0.1) is 0 Å². The zero-order chi connectivity index (χ0) is 19.2. The largest absolute Gasteiger partial charge is 0.496 e. The van der Waals surface area contributed by atoms with Crippen LogP contribution in [0.5, 0.6) is 17.2 Å². The summed E-state index contributed by atoms with van der Waals surface area (Å²) < 4.78 is 17.9. The van der Waals surface area contributed by atoms with Gasteiger partial charge in [-0.25, -0.2) is 0 Å². The molecule has 0 bridgehead atoms. The number of hydrogen-bond donors (Lipinski definition) is 0. The predicted octanol–water partition coefficient (Wildman–Crippen LogP) is 6.35. The summed E-state index contributed by atoms with van der Waals surface area (Å²) in [5.41, 5.74) is 3.15. The molecule has 1 unspecified atom stereocenters. The number of unbranched alkanes of at least 4 members (excludes halogenated alkanes) is 2. The molecule has 2 rings (SSSR count). The van der Waals surface area contributed by atoms with Gasteiger partial charge in [0.2, 0.25) is 0 Å². The van der Waals surface area contributed by atoms with E-state index in [0.29, 0.717) is 0 Å². The van der Waals surface area contributed by atoms with Crippen molar-refractivity contribution in [1.29, 1.82) is 0 Å². The quantitative estimate of drug-likeness (QED) is 0.380. The van der Waals surface area contributed by atoms with Crippen molar-refractivity contribution in [1.82, 2.24) is 0 Å². The van der Waals surface area contributed by atoms with Crippen molar-refractivity contribution in [3.8, 4) is 17.2 Å². The van der Waals surface area contributed by atoms with Gasteiger partial charge in [0.25, 0.3) is 0 Å². The fourth-order valence-electron chi connectivity index (χ4n) is 3.39. The van der Waals surface area contributed by atoms with Crippen molar-refractivity contribution in [2.45, 2.75) is 71.8 Å². The third kappa shape index (κ3) is 4.84. The number of benzene rings is 1. The Bertz CT molecular complexity index is 669. The molecule has 0 spiro atoms. The topological polar surface area (TPSA) is 27.7 Å². The molecule has 1 aliphatic rings. The highest BCUT2D eigenvalue weighted by atomic mass is 16.5. The van der Waals surface area contributed by atoms with E-state index in [2.05, 4.69) is 52.0 Å². The first-order chi connectivity index (χ1) is 12.4. The van der Waals surface area contributed by atoms with Crippen LogP contribution < -0.4 is 14.2 Å². The molecule has 0 aliphatic carbocycles. The van der Waals surface area contributed by atoms with Crippen LogP contribution in [0.1, 0.15) is 70.9 Å².